The molecule has 0 aliphatic heterocycles. The van der Waals surface area contributed by atoms with Crippen LogP contribution in [-0.2, 0) is 38.4 Å². The maximum atomic E-state index is 13.3. The fourth-order valence-electron chi connectivity index (χ4n) is 3.57. The summed E-state index contributed by atoms with van der Waals surface area (Å²) in [4.78, 5) is 64.1. The van der Waals surface area contributed by atoms with Gasteiger partial charge < -0.3 is 41.9 Å². The van der Waals surface area contributed by atoms with Gasteiger partial charge in [0.1, 0.15) is 23.9 Å². The molecule has 38 heavy (non-hydrogen) atoms. The van der Waals surface area contributed by atoms with Crippen LogP contribution in [0.1, 0.15) is 23.9 Å². The maximum absolute atomic E-state index is 13.3. The van der Waals surface area contributed by atoms with Gasteiger partial charge in [0.25, 0.3) is 0 Å². The molecular weight excluding hydrogens is 496 g/mol. The third-order valence-corrected chi connectivity index (χ3v) is 5.63. The molecule has 0 bridgehead atoms. The Balaban J connectivity index is 1.80. The summed E-state index contributed by atoms with van der Waals surface area (Å²) in [5.41, 5.74) is 7.31. The second-order valence-electron chi connectivity index (χ2n) is 8.74. The van der Waals surface area contributed by atoms with Crippen molar-refractivity contribution >= 4 is 23.7 Å². The van der Waals surface area contributed by atoms with Crippen LogP contribution < -0.4 is 21.7 Å². The van der Waals surface area contributed by atoms with E-state index in [9.17, 15) is 29.4 Å². The normalized spacial score (nSPS) is 14.1. The number of aliphatic carboxylic acids is 1. The fraction of sp³-hybridized carbons (Fsp3) is 0.333. The average molecular weight is 527 g/mol. The highest BCUT2D eigenvalue weighted by Crippen LogP contribution is 2.12. The van der Waals surface area contributed by atoms with E-state index in [-0.39, 0.29) is 25.0 Å². The molecule has 3 amide bonds. The van der Waals surface area contributed by atoms with Crippen molar-refractivity contribution in [3.05, 3.63) is 66.3 Å². The number of nitrogens with zero attached hydrogens (tertiary/aromatic N) is 2. The minimum absolute atomic E-state index is 0.0266. The number of phenols is 1. The lowest BCUT2D eigenvalue weighted by atomic mass is 10.0. The molecule has 14 heteroatoms. The second kappa shape index (κ2) is 13.0. The Morgan fingerprint density at radius 2 is 1.29 bits per heavy atom. The quantitative estimate of drug-likeness (QED) is 0.133. The molecule has 0 saturated heterocycles. The summed E-state index contributed by atoms with van der Waals surface area (Å²) in [7, 11) is 0. The van der Waals surface area contributed by atoms with E-state index in [1.165, 1.54) is 44.1 Å². The van der Waals surface area contributed by atoms with Gasteiger partial charge in [-0.3, -0.25) is 14.4 Å². The Kier molecular flexibility index (Phi) is 9.54. The molecule has 9 N–H and O–H groups in total. The van der Waals surface area contributed by atoms with Gasteiger partial charge >= 0.3 is 5.97 Å². The van der Waals surface area contributed by atoms with Crippen LogP contribution in [0.4, 0.5) is 0 Å². The number of aromatic amines is 2. The number of hydrogen-bond donors (Lipinski definition) is 8. The summed E-state index contributed by atoms with van der Waals surface area (Å²) in [5, 5.41) is 26.8. The number of rotatable bonds is 13. The number of nitrogens with one attached hydrogen (secondary N) is 5. The number of nitrogens with two attached hydrogens (primary N) is 1. The van der Waals surface area contributed by atoms with E-state index in [1.54, 1.807) is 12.1 Å². The number of carbonyl (C=O) groups is 4. The third kappa shape index (κ3) is 8.16. The van der Waals surface area contributed by atoms with Gasteiger partial charge in [-0.15, -0.1) is 0 Å². The molecular formula is C24H30N8O6. The van der Waals surface area contributed by atoms with E-state index in [1.807, 2.05) is 0 Å². The first-order valence-electron chi connectivity index (χ1n) is 11.7. The highest BCUT2D eigenvalue weighted by atomic mass is 16.4. The van der Waals surface area contributed by atoms with Crippen molar-refractivity contribution in [1.29, 1.82) is 0 Å². The van der Waals surface area contributed by atoms with E-state index in [4.69, 9.17) is 5.73 Å². The Morgan fingerprint density at radius 1 is 0.816 bits per heavy atom. The van der Waals surface area contributed by atoms with E-state index < -0.39 is 47.9 Å². The highest BCUT2D eigenvalue weighted by molar-refractivity contribution is 5.94. The van der Waals surface area contributed by atoms with Crippen molar-refractivity contribution in [2.75, 3.05) is 0 Å². The molecule has 2 aromatic heterocycles. The lowest BCUT2D eigenvalue weighted by Crippen LogP contribution is -2.58. The Bertz CT molecular complexity index is 1210. The van der Waals surface area contributed by atoms with Crippen LogP contribution in [0.2, 0.25) is 0 Å². The number of aromatic hydroxyl groups is 1. The number of imidazole rings is 2. The van der Waals surface area contributed by atoms with Crippen molar-refractivity contribution in [2.24, 2.45) is 5.73 Å². The third-order valence-electron chi connectivity index (χ3n) is 5.63. The molecule has 1 aromatic carbocycles. The number of carboxylic acid groups (broad SMARTS) is 1. The lowest BCUT2D eigenvalue weighted by Gasteiger charge is -2.25. The maximum Gasteiger partial charge on any atom is 0.326 e. The molecule has 0 spiro atoms. The molecule has 0 radical (unpaired) electrons. The number of phenolic OH excluding ortho intramolecular Hbond substituents is 1. The standard InChI is InChI=1S/C24H30N8O6/c1-13(25)21(34)30-18(6-14-2-4-17(33)5-3-14)22(35)31-19(7-15-9-26-11-28-15)23(36)32-20(24(37)38)8-16-10-27-12-29-16/h2-5,9-13,18-20,33H,6-8,25H2,1H3,(H,26,28)(H,27,29)(H,30,34)(H,31,35)(H,32,36)(H,37,38). The number of carboxylic acids is 1. The summed E-state index contributed by atoms with van der Waals surface area (Å²) in [6.07, 6.45) is 5.67. The molecule has 3 aromatic rings. The summed E-state index contributed by atoms with van der Waals surface area (Å²) < 4.78 is 0. The molecule has 202 valence electrons. The zero-order valence-corrected chi connectivity index (χ0v) is 20.5. The van der Waals surface area contributed by atoms with Crippen molar-refractivity contribution in [3.63, 3.8) is 0 Å². The monoisotopic (exact) mass is 526 g/mol. The summed E-state index contributed by atoms with van der Waals surface area (Å²) in [6.45, 7) is 1.46. The van der Waals surface area contributed by atoms with Crippen LogP contribution in [0.15, 0.2) is 49.3 Å². The van der Waals surface area contributed by atoms with Crippen molar-refractivity contribution < 1.29 is 29.4 Å². The SMILES string of the molecule is CC(N)C(=O)NC(Cc1ccc(O)cc1)C(=O)NC(Cc1cnc[nH]1)C(=O)NC(Cc1cnc[nH]1)C(=O)O. The molecule has 4 unspecified atom stereocenters. The summed E-state index contributed by atoms with van der Waals surface area (Å²) in [6, 6.07) is 1.56. The van der Waals surface area contributed by atoms with E-state index in [2.05, 4.69) is 35.9 Å². The van der Waals surface area contributed by atoms with Crippen LogP contribution in [0.5, 0.6) is 5.75 Å². The number of amides is 3. The lowest BCUT2D eigenvalue weighted by molar-refractivity contribution is -0.142. The Hall–Kier alpha value is -4.72. The van der Waals surface area contributed by atoms with Gasteiger partial charge in [0.2, 0.25) is 17.7 Å². The van der Waals surface area contributed by atoms with Gasteiger partial charge in [-0.25, -0.2) is 14.8 Å². The van der Waals surface area contributed by atoms with E-state index >= 15 is 0 Å². The zero-order chi connectivity index (χ0) is 27.7. The Morgan fingerprint density at radius 3 is 1.76 bits per heavy atom. The molecule has 3 rings (SSSR count). The summed E-state index contributed by atoms with van der Waals surface area (Å²) >= 11 is 0. The van der Waals surface area contributed by atoms with E-state index in [0.29, 0.717) is 17.0 Å². The molecule has 0 aliphatic carbocycles. The predicted molar refractivity (Wildman–Crippen MR) is 133 cm³/mol. The molecule has 0 aliphatic rings. The van der Waals surface area contributed by atoms with Crippen molar-refractivity contribution in [2.45, 2.75) is 50.4 Å². The van der Waals surface area contributed by atoms with Crippen LogP contribution in [0, 0.1) is 0 Å². The molecule has 4 atom stereocenters. The predicted octanol–water partition coefficient (Wildman–Crippen LogP) is -1.25. The topological polar surface area (TPSA) is 228 Å². The highest BCUT2D eigenvalue weighted by Gasteiger charge is 2.31. The Labute approximate surface area is 217 Å². The van der Waals surface area contributed by atoms with Crippen LogP contribution in [-0.4, -0.2) is 78.0 Å². The van der Waals surface area contributed by atoms with E-state index in [0.717, 1.165) is 0 Å². The van der Waals surface area contributed by atoms with Gasteiger partial charge in [-0.2, -0.15) is 0 Å². The van der Waals surface area contributed by atoms with Crippen molar-refractivity contribution in [3.8, 4) is 5.75 Å². The smallest absolute Gasteiger partial charge is 0.326 e. The zero-order valence-electron chi connectivity index (χ0n) is 20.5. The first-order valence-corrected chi connectivity index (χ1v) is 11.7. The molecule has 0 saturated carbocycles. The summed E-state index contributed by atoms with van der Waals surface area (Å²) in [5.74, 6) is -3.25. The average Bonchev–Trinajstić information content (AvgIpc) is 3.58. The van der Waals surface area contributed by atoms with Gasteiger partial charge in [-0.05, 0) is 24.6 Å². The van der Waals surface area contributed by atoms with Crippen molar-refractivity contribution in [1.82, 2.24) is 35.9 Å². The first kappa shape index (κ1) is 27.9. The largest absolute Gasteiger partial charge is 0.508 e. The number of hydrogen-bond acceptors (Lipinski definition) is 8. The van der Waals surface area contributed by atoms with Crippen LogP contribution in [0.25, 0.3) is 0 Å². The molecule has 14 nitrogen and oxygen atoms in total. The van der Waals surface area contributed by atoms with Gasteiger partial charge in [0, 0.05) is 43.0 Å². The molecule has 2 heterocycles. The fourth-order valence-corrected chi connectivity index (χ4v) is 3.57. The first-order chi connectivity index (χ1) is 18.1. The number of H-pyrrole nitrogens is 2. The van der Waals surface area contributed by atoms with Gasteiger partial charge in [0.05, 0.1) is 18.7 Å². The van der Waals surface area contributed by atoms with Crippen LogP contribution >= 0.6 is 0 Å². The number of aromatic nitrogens is 4. The van der Waals surface area contributed by atoms with Gasteiger partial charge in [-0.1, -0.05) is 12.1 Å². The number of benzene rings is 1. The second-order valence-corrected chi connectivity index (χ2v) is 8.74. The number of carbonyl (C=O) groups excluding carboxylic acids is 3. The minimum atomic E-state index is -1.30. The minimum Gasteiger partial charge on any atom is -0.508 e. The van der Waals surface area contributed by atoms with Gasteiger partial charge in [0.15, 0.2) is 0 Å². The van der Waals surface area contributed by atoms with Crippen LogP contribution in [0.3, 0.4) is 0 Å². The molecule has 0 fully saturated rings.